The second-order valence-corrected chi connectivity index (χ2v) is 23.5. The number of benzene rings is 2. The smallest absolute Gasteiger partial charge is 0.408 e. The highest BCUT2D eigenvalue weighted by molar-refractivity contribution is 5.95. The van der Waals surface area contributed by atoms with Gasteiger partial charge in [-0.05, 0) is 61.6 Å². The minimum Gasteiger partial charge on any atom is -0.455 e. The number of aliphatic hydroxyl groups excluding tert-OH is 2. The lowest BCUT2D eigenvalue weighted by atomic mass is 9.44. The average Bonchev–Trinajstić information content (AvgIpc) is 3.32. The van der Waals surface area contributed by atoms with E-state index in [1.165, 1.54) is 39.8 Å². The Hall–Kier alpha value is -5.54. The van der Waals surface area contributed by atoms with Crippen molar-refractivity contribution in [3.05, 3.63) is 95.1 Å². The van der Waals surface area contributed by atoms with Gasteiger partial charge in [-0.25, -0.2) is 14.4 Å². The molecule has 2 aromatic rings. The predicted molar refractivity (Wildman–Crippen MR) is 270 cm³/mol. The number of rotatable bonds is 14. The second-order valence-electron chi connectivity index (χ2n) is 23.5. The molecule has 1 saturated heterocycles. The molecule has 19 heteroatoms. The lowest BCUT2D eigenvalue weighted by Crippen LogP contribution is -2.81. The summed E-state index contributed by atoms with van der Waals surface area (Å²) in [5.74, 6) is -6.36. The summed E-state index contributed by atoms with van der Waals surface area (Å²) >= 11 is 0. The van der Waals surface area contributed by atoms with Gasteiger partial charge >= 0.3 is 30.0 Å². The number of likely N-dealkylation sites (N-methyl/N-ethyl adjacent to an activating group) is 1. The molecule has 6 N–H and O–H groups in total. The predicted octanol–water partition coefficient (Wildman–Crippen LogP) is 4.15. The molecule has 5 aliphatic rings. The first-order valence-electron chi connectivity index (χ1n) is 25.7. The van der Waals surface area contributed by atoms with E-state index in [1.54, 1.807) is 54.6 Å². The van der Waals surface area contributed by atoms with Crippen LogP contribution in [-0.2, 0) is 47.6 Å². The lowest BCUT2D eigenvalue weighted by Gasteiger charge is -2.67. The Morgan fingerprint density at radius 1 is 0.867 bits per heavy atom. The molecule has 1 unspecified atom stereocenters. The third-order valence-corrected chi connectivity index (χ3v) is 16.8. The van der Waals surface area contributed by atoms with E-state index in [1.807, 2.05) is 41.1 Å². The van der Waals surface area contributed by atoms with Crippen molar-refractivity contribution in [2.75, 3.05) is 40.8 Å². The number of ether oxygens (including phenoxy) is 6. The van der Waals surface area contributed by atoms with Crippen LogP contribution in [0, 0.1) is 22.2 Å². The van der Waals surface area contributed by atoms with Gasteiger partial charge in [-0.1, -0.05) is 82.3 Å². The number of fused-ring (bicyclic) bond motifs is 5. The largest absolute Gasteiger partial charge is 0.455 e. The van der Waals surface area contributed by atoms with E-state index in [-0.39, 0.29) is 41.7 Å². The number of alkyl carbamates (subject to hydrolysis) is 1. The number of quaternary nitrogens is 1. The molecule has 0 radical (unpaired) electrons. The van der Waals surface area contributed by atoms with Crippen LogP contribution in [0.3, 0.4) is 0 Å². The van der Waals surface area contributed by atoms with Crippen LogP contribution < -0.4 is 10.6 Å². The summed E-state index contributed by atoms with van der Waals surface area (Å²) in [6, 6.07) is 14.4. The quantitative estimate of drug-likeness (QED) is 0.0510. The molecule has 1 amide bonds. The first-order chi connectivity index (χ1) is 34.9. The maximum Gasteiger partial charge on any atom is 0.408 e. The zero-order valence-corrected chi connectivity index (χ0v) is 44.9. The highest BCUT2D eigenvalue weighted by Gasteiger charge is 2.77. The summed E-state index contributed by atoms with van der Waals surface area (Å²) in [6.45, 7) is 12.9. The highest BCUT2D eigenvalue weighted by atomic mass is 16.6. The van der Waals surface area contributed by atoms with Crippen molar-refractivity contribution < 1.29 is 82.1 Å². The summed E-state index contributed by atoms with van der Waals surface area (Å²) in [5, 5.41) is 56.5. The van der Waals surface area contributed by atoms with Crippen molar-refractivity contribution in [3.8, 4) is 0 Å². The maximum atomic E-state index is 15.4. The van der Waals surface area contributed by atoms with Gasteiger partial charge in [0.05, 0.1) is 57.5 Å². The fourth-order valence-electron chi connectivity index (χ4n) is 12.2. The highest BCUT2D eigenvalue weighted by Crippen LogP contribution is 2.63. The van der Waals surface area contributed by atoms with Crippen molar-refractivity contribution in [3.63, 3.8) is 0 Å². The van der Waals surface area contributed by atoms with Crippen LogP contribution in [0.1, 0.15) is 109 Å². The number of hydrogen-bond donors (Lipinski definition) is 6. The van der Waals surface area contributed by atoms with Crippen LogP contribution >= 0.6 is 0 Å². The molecule has 1 aliphatic heterocycles. The van der Waals surface area contributed by atoms with Gasteiger partial charge in [-0.2, -0.15) is 0 Å². The third-order valence-electron chi connectivity index (χ3n) is 16.8. The molecule has 19 nitrogen and oxygen atoms in total. The molecule has 4 aliphatic carbocycles. The molecule has 3 fully saturated rings. The van der Waals surface area contributed by atoms with E-state index < -0.39 is 130 Å². The number of hydrogen-bond acceptors (Lipinski definition) is 17. The molecule has 1 heterocycles. The van der Waals surface area contributed by atoms with Gasteiger partial charge in [0.25, 0.3) is 0 Å². The zero-order valence-electron chi connectivity index (χ0n) is 44.9. The summed E-state index contributed by atoms with van der Waals surface area (Å²) in [7, 11) is 6.11. The number of nitrogens with zero attached hydrogens (tertiary/aromatic N) is 1. The van der Waals surface area contributed by atoms with Gasteiger partial charge in [0.15, 0.2) is 17.5 Å². The minimum atomic E-state index is -2.43. The van der Waals surface area contributed by atoms with E-state index in [0.717, 1.165) is 13.8 Å². The van der Waals surface area contributed by atoms with Crippen LogP contribution in [0.2, 0.25) is 0 Å². The number of allylic oxidation sites excluding steroid dienone is 1. The topological polar surface area (TPSA) is 263 Å². The van der Waals surface area contributed by atoms with Crippen LogP contribution in [-0.4, -0.2) is 161 Å². The van der Waals surface area contributed by atoms with Crippen LogP contribution in [0.4, 0.5) is 4.79 Å². The molecule has 410 valence electrons. The monoisotopic (exact) mass is 1050 g/mol. The standard InChI is InChI=1S/C56H75N3O16/c1-32-38(30-55(68)47(64)45-53(8,39(62)28-40-54(45,31-70-40)75-34(3)61)46(63)43(71-33(2)60)41(32)52(55,6)7)73-49(66)44(74-48(65)36-22-16-13-17-23-36)42(35-20-14-12-15-21-35)58-50(67)72-37-24-18-19-25-51(4,5)56(69,29-37)57-26-27-59(9,10)11/h12-18,20-24,37-40,42-45,47,57,62,64,68-69H,19,25-31H2,1-11H3/p+1/b24-18+/t37-,38-,39-,40+,42-,43+,44+,45-,47-,53+,54-,55+,56?/m0/s1. The maximum absolute atomic E-state index is 15.4. The van der Waals surface area contributed by atoms with E-state index in [2.05, 4.69) is 10.6 Å². The molecule has 0 aromatic heterocycles. The molecule has 2 aromatic carbocycles. The Balaban J connectivity index is 1.29. The number of carbonyl (C=O) groups excluding carboxylic acids is 6. The zero-order chi connectivity index (χ0) is 55.3. The second kappa shape index (κ2) is 21.1. The summed E-state index contributed by atoms with van der Waals surface area (Å²) in [4.78, 5) is 85.1. The Morgan fingerprint density at radius 2 is 1.51 bits per heavy atom. The summed E-state index contributed by atoms with van der Waals surface area (Å²) in [6.07, 6.45) is -8.09. The van der Waals surface area contributed by atoms with Crippen molar-refractivity contribution in [2.24, 2.45) is 22.2 Å². The summed E-state index contributed by atoms with van der Waals surface area (Å²) in [5.41, 5.74) is -9.63. The SMILES string of the molecule is CC(=O)O[C@H]1C(=O)[C@@]2(C)[C@H]([C@H](O)[C@]3(O)C[C@H](OC(=O)[C@H](OC(=O)c4ccccc4)[C@@H](NC(=O)O[C@H]4/C=C/CCC(C)(C)C(O)(NCC[N+](C)(C)C)C4)c4ccccc4)C(C)=C1C3(C)C)[C@]1(OC(C)=O)CO[C@@H]1C[C@@H]2O. The van der Waals surface area contributed by atoms with Gasteiger partial charge in [0, 0.05) is 56.4 Å². The number of nitrogens with one attached hydrogen (secondary N) is 2. The number of Topliss-reactive ketones (excluding diaryl/α,β-unsaturated/α-hetero) is 1. The Bertz CT molecular complexity index is 2560. The molecule has 0 spiro atoms. The van der Waals surface area contributed by atoms with Crippen LogP contribution in [0.5, 0.6) is 0 Å². The Morgan fingerprint density at radius 3 is 2.09 bits per heavy atom. The molecule has 13 atom stereocenters. The van der Waals surface area contributed by atoms with Gasteiger partial charge in [0.2, 0.25) is 6.10 Å². The van der Waals surface area contributed by atoms with Crippen molar-refractivity contribution in [1.82, 2.24) is 10.6 Å². The first-order valence-corrected chi connectivity index (χ1v) is 25.7. The molecule has 2 saturated carbocycles. The summed E-state index contributed by atoms with van der Waals surface area (Å²) < 4.78 is 36.7. The van der Waals surface area contributed by atoms with Gasteiger partial charge in [0.1, 0.15) is 35.7 Å². The minimum absolute atomic E-state index is 0.0322. The van der Waals surface area contributed by atoms with E-state index >= 15 is 9.59 Å². The molecule has 7 rings (SSSR count). The van der Waals surface area contributed by atoms with Gasteiger partial charge in [-0.3, -0.25) is 19.7 Å². The van der Waals surface area contributed by atoms with Crippen molar-refractivity contribution in [1.29, 1.82) is 0 Å². The fourth-order valence-corrected chi connectivity index (χ4v) is 12.2. The Kier molecular flexibility index (Phi) is 16.1. The first kappa shape index (κ1) is 57.2. The molecule has 2 bridgehead atoms. The molecule has 75 heavy (non-hydrogen) atoms. The van der Waals surface area contributed by atoms with E-state index in [9.17, 15) is 39.6 Å². The molecular weight excluding hydrogens is 971 g/mol. The number of carbonyl (C=O) groups is 6. The normalized spacial score (nSPS) is 34.1. The number of ketones is 1. The van der Waals surface area contributed by atoms with Gasteiger partial charge in [-0.15, -0.1) is 0 Å². The third kappa shape index (κ3) is 10.8. The van der Waals surface area contributed by atoms with Crippen LogP contribution in [0.25, 0.3) is 0 Å². The number of esters is 4. The van der Waals surface area contributed by atoms with Gasteiger partial charge < -0.3 is 58.6 Å². The fraction of sp³-hybridized carbons (Fsp3) is 0.607. The Labute approximate surface area is 438 Å². The van der Waals surface area contributed by atoms with Crippen LogP contribution in [0.15, 0.2) is 84.0 Å². The number of aliphatic hydroxyl groups is 4. The van der Waals surface area contributed by atoms with Crippen molar-refractivity contribution in [2.45, 2.75) is 153 Å². The van der Waals surface area contributed by atoms with Crippen molar-refractivity contribution >= 4 is 35.8 Å². The van der Waals surface area contributed by atoms with E-state index in [4.69, 9.17) is 28.4 Å². The lowest BCUT2D eigenvalue weighted by molar-refractivity contribution is -0.869. The number of amides is 1. The average molecular weight is 1050 g/mol. The van der Waals surface area contributed by atoms with E-state index in [0.29, 0.717) is 30.4 Å². The molecular formula is C56H76N3O16+.